The normalized spacial score (nSPS) is 16.2. The monoisotopic (exact) mass is 330 g/mol. The number of hydrogen-bond donors (Lipinski definition) is 2. The Hall–Kier alpha value is -1.81. The molecule has 1 aliphatic carbocycles. The molecule has 0 heterocycles. The molecule has 1 amide bonds. The van der Waals surface area contributed by atoms with Gasteiger partial charge in [-0.05, 0) is 58.1 Å². The number of hydrogen-bond acceptors (Lipinski definition) is 2. The van der Waals surface area contributed by atoms with Gasteiger partial charge in [-0.1, -0.05) is 24.3 Å². The molecule has 1 aliphatic rings. The predicted molar refractivity (Wildman–Crippen MR) is 84.8 cm³/mol. The lowest BCUT2D eigenvalue weighted by molar-refractivity contribution is -0.118. The van der Waals surface area contributed by atoms with Crippen LogP contribution in [0.4, 0.5) is 11.4 Å². The Morgan fingerprint density at radius 1 is 1.35 bits per heavy atom. The van der Waals surface area contributed by atoms with E-state index in [1.165, 1.54) is 5.56 Å². The molecule has 3 N–H and O–H groups in total. The summed E-state index contributed by atoms with van der Waals surface area (Å²) < 4.78 is 0.816. The molecule has 1 unspecified atom stereocenters. The highest BCUT2D eigenvalue weighted by Gasteiger charge is 2.32. The Kier molecular flexibility index (Phi) is 3.26. The second kappa shape index (κ2) is 4.94. The van der Waals surface area contributed by atoms with Gasteiger partial charge in [-0.25, -0.2) is 0 Å². The number of nitrogens with two attached hydrogens (primary N) is 1. The van der Waals surface area contributed by atoms with Crippen LogP contribution in [0.5, 0.6) is 0 Å². The second-order valence-electron chi connectivity index (χ2n) is 5.16. The van der Waals surface area contributed by atoms with E-state index in [2.05, 4.69) is 27.3 Å². The maximum atomic E-state index is 12.4. The molecular weight excluding hydrogens is 316 g/mol. The van der Waals surface area contributed by atoms with E-state index >= 15 is 0 Å². The number of anilines is 2. The van der Waals surface area contributed by atoms with Crippen LogP contribution in [0.3, 0.4) is 0 Å². The highest BCUT2D eigenvalue weighted by atomic mass is 79.9. The predicted octanol–water partition coefficient (Wildman–Crippen LogP) is 3.62. The van der Waals surface area contributed by atoms with Gasteiger partial charge in [0.1, 0.15) is 0 Å². The summed E-state index contributed by atoms with van der Waals surface area (Å²) in [5.41, 5.74) is 10.6. The van der Waals surface area contributed by atoms with Crippen LogP contribution in [0.25, 0.3) is 0 Å². The molecule has 0 aliphatic heterocycles. The van der Waals surface area contributed by atoms with Crippen molar-refractivity contribution in [1.82, 2.24) is 0 Å². The Morgan fingerprint density at radius 2 is 2.10 bits per heavy atom. The van der Waals surface area contributed by atoms with Crippen molar-refractivity contribution in [3.05, 3.63) is 57.6 Å². The topological polar surface area (TPSA) is 55.1 Å². The molecule has 0 radical (unpaired) electrons. The van der Waals surface area contributed by atoms with Crippen LogP contribution in [-0.2, 0) is 11.2 Å². The zero-order chi connectivity index (χ0) is 14.3. The van der Waals surface area contributed by atoms with E-state index < -0.39 is 0 Å². The highest BCUT2D eigenvalue weighted by molar-refractivity contribution is 9.10. The van der Waals surface area contributed by atoms with Crippen LogP contribution in [0.15, 0.2) is 40.9 Å². The fraction of sp³-hybridized carbons (Fsp3) is 0.188. The van der Waals surface area contributed by atoms with Crippen molar-refractivity contribution >= 4 is 33.2 Å². The fourth-order valence-corrected chi connectivity index (χ4v) is 3.29. The third-order valence-corrected chi connectivity index (χ3v) is 4.31. The fourth-order valence-electron chi connectivity index (χ4n) is 2.60. The Balaban J connectivity index is 1.82. The molecule has 0 spiro atoms. The Bertz CT molecular complexity index is 674. The van der Waals surface area contributed by atoms with Crippen molar-refractivity contribution in [2.24, 2.45) is 0 Å². The molecule has 0 saturated heterocycles. The molecule has 3 nitrogen and oxygen atoms in total. The number of fused-ring (bicyclic) bond motifs is 1. The average molecular weight is 331 g/mol. The summed E-state index contributed by atoms with van der Waals surface area (Å²) >= 11 is 3.45. The lowest BCUT2D eigenvalue weighted by Crippen LogP contribution is -2.30. The maximum absolute atomic E-state index is 12.4. The first-order valence-electron chi connectivity index (χ1n) is 6.50. The summed E-state index contributed by atoms with van der Waals surface area (Å²) in [4.78, 5) is 12.4. The summed E-state index contributed by atoms with van der Waals surface area (Å²) in [7, 11) is 0. The molecule has 0 bridgehead atoms. The number of carbonyl (C=O) groups is 1. The summed E-state index contributed by atoms with van der Waals surface area (Å²) in [6.07, 6.45) is 0.797. The molecule has 4 heteroatoms. The van der Waals surface area contributed by atoms with Gasteiger partial charge in [0, 0.05) is 4.47 Å². The highest BCUT2D eigenvalue weighted by Crippen LogP contribution is 2.37. The number of nitrogens with one attached hydrogen (secondary N) is 1. The molecule has 3 rings (SSSR count). The molecule has 0 saturated carbocycles. The first-order valence-corrected chi connectivity index (χ1v) is 7.30. The van der Waals surface area contributed by atoms with E-state index in [0.29, 0.717) is 11.4 Å². The van der Waals surface area contributed by atoms with Gasteiger partial charge >= 0.3 is 0 Å². The minimum Gasteiger partial charge on any atom is -0.397 e. The van der Waals surface area contributed by atoms with E-state index in [9.17, 15) is 4.79 Å². The third-order valence-electron chi connectivity index (χ3n) is 3.68. The lowest BCUT2D eigenvalue weighted by Gasteiger charge is -2.29. The summed E-state index contributed by atoms with van der Waals surface area (Å²) in [5, 5.41) is 2.94. The van der Waals surface area contributed by atoms with Crippen LogP contribution in [-0.4, -0.2) is 5.91 Å². The zero-order valence-electron chi connectivity index (χ0n) is 11.1. The first-order chi connectivity index (χ1) is 9.56. The standard InChI is InChI=1S/C16H15BrN2O/c1-9-6-13(17)15(14(18)7-9)19-16(20)12-8-10-4-2-3-5-11(10)12/h2-7,12H,8,18H2,1H3,(H,19,20). The molecule has 0 fully saturated rings. The van der Waals surface area contributed by atoms with E-state index in [1.54, 1.807) is 0 Å². The minimum absolute atomic E-state index is 0.0000435. The van der Waals surface area contributed by atoms with E-state index in [-0.39, 0.29) is 11.8 Å². The van der Waals surface area contributed by atoms with Gasteiger partial charge in [0.25, 0.3) is 0 Å². The SMILES string of the molecule is Cc1cc(N)c(NC(=O)C2Cc3ccccc32)c(Br)c1. The number of benzene rings is 2. The lowest BCUT2D eigenvalue weighted by atomic mass is 9.77. The van der Waals surface area contributed by atoms with Crippen molar-refractivity contribution in [3.63, 3.8) is 0 Å². The van der Waals surface area contributed by atoms with Crippen LogP contribution >= 0.6 is 15.9 Å². The van der Waals surface area contributed by atoms with Gasteiger partial charge in [-0.2, -0.15) is 0 Å². The van der Waals surface area contributed by atoms with E-state index in [1.807, 2.05) is 37.3 Å². The van der Waals surface area contributed by atoms with E-state index in [0.717, 1.165) is 22.0 Å². The molecular formula is C16H15BrN2O. The first kappa shape index (κ1) is 13.2. The van der Waals surface area contributed by atoms with Gasteiger partial charge in [0.2, 0.25) is 5.91 Å². The molecule has 2 aromatic carbocycles. The second-order valence-corrected chi connectivity index (χ2v) is 6.01. The maximum Gasteiger partial charge on any atom is 0.232 e. The van der Waals surface area contributed by atoms with Gasteiger partial charge in [0.15, 0.2) is 0 Å². The Morgan fingerprint density at radius 3 is 2.80 bits per heavy atom. The molecule has 2 aromatic rings. The summed E-state index contributed by atoms with van der Waals surface area (Å²) in [5.74, 6) is -0.0706. The van der Waals surface area contributed by atoms with Crippen molar-refractivity contribution in [1.29, 1.82) is 0 Å². The number of rotatable bonds is 2. The zero-order valence-corrected chi connectivity index (χ0v) is 12.7. The summed E-state index contributed by atoms with van der Waals surface area (Å²) in [6.45, 7) is 1.97. The largest absolute Gasteiger partial charge is 0.397 e. The number of aryl methyl sites for hydroxylation is 1. The smallest absolute Gasteiger partial charge is 0.232 e. The van der Waals surface area contributed by atoms with Crippen LogP contribution in [0.2, 0.25) is 0 Å². The quantitative estimate of drug-likeness (QED) is 0.826. The third kappa shape index (κ3) is 2.20. The van der Waals surface area contributed by atoms with Crippen molar-refractivity contribution in [2.45, 2.75) is 19.3 Å². The molecule has 102 valence electrons. The van der Waals surface area contributed by atoms with Crippen LogP contribution in [0.1, 0.15) is 22.6 Å². The molecule has 0 aromatic heterocycles. The molecule has 1 atom stereocenters. The van der Waals surface area contributed by atoms with Crippen molar-refractivity contribution < 1.29 is 4.79 Å². The van der Waals surface area contributed by atoms with Gasteiger partial charge < -0.3 is 11.1 Å². The number of halogens is 1. The van der Waals surface area contributed by atoms with Crippen molar-refractivity contribution in [2.75, 3.05) is 11.1 Å². The van der Waals surface area contributed by atoms with E-state index in [4.69, 9.17) is 5.73 Å². The number of amides is 1. The van der Waals surface area contributed by atoms with Crippen LogP contribution in [0, 0.1) is 6.92 Å². The van der Waals surface area contributed by atoms with Gasteiger partial charge in [-0.15, -0.1) is 0 Å². The average Bonchev–Trinajstić information content (AvgIpc) is 2.35. The Labute approximate surface area is 126 Å². The van der Waals surface area contributed by atoms with Gasteiger partial charge in [0.05, 0.1) is 17.3 Å². The molecule has 20 heavy (non-hydrogen) atoms. The van der Waals surface area contributed by atoms with Crippen molar-refractivity contribution in [3.8, 4) is 0 Å². The summed E-state index contributed by atoms with van der Waals surface area (Å²) in [6, 6.07) is 11.8. The minimum atomic E-state index is -0.0706. The number of nitrogen functional groups attached to an aromatic ring is 1. The van der Waals surface area contributed by atoms with Crippen LogP contribution < -0.4 is 11.1 Å². The number of carbonyl (C=O) groups excluding carboxylic acids is 1. The van der Waals surface area contributed by atoms with Gasteiger partial charge in [-0.3, -0.25) is 4.79 Å².